The Kier molecular flexibility index (Phi) is 2.96. The molecule has 0 spiro atoms. The summed E-state index contributed by atoms with van der Waals surface area (Å²) in [5.41, 5.74) is 3.28. The summed E-state index contributed by atoms with van der Waals surface area (Å²) in [6.07, 6.45) is 0. The number of hydrogen-bond donors (Lipinski definition) is 0. The van der Waals surface area contributed by atoms with Crippen molar-refractivity contribution in [3.05, 3.63) is 64.5 Å². The summed E-state index contributed by atoms with van der Waals surface area (Å²) in [6, 6.07) is 15.3. The fourth-order valence-corrected chi connectivity index (χ4v) is 3.83. The van der Waals surface area contributed by atoms with Crippen LogP contribution in [0.4, 0.5) is 0 Å². The van der Waals surface area contributed by atoms with Gasteiger partial charge >= 0.3 is 5.63 Å². The SMILES string of the molecule is Cc1ccc2oc(=O)c(-c3nnc4c5ccccc5nc-4s3)cc2c1. The van der Waals surface area contributed by atoms with Gasteiger partial charge in [0, 0.05) is 10.8 Å². The van der Waals surface area contributed by atoms with Crippen LogP contribution in [0.1, 0.15) is 5.56 Å². The number of para-hydroxylation sites is 1. The van der Waals surface area contributed by atoms with E-state index in [1.54, 1.807) is 6.07 Å². The maximum Gasteiger partial charge on any atom is 0.346 e. The Balaban J connectivity index is 1.76. The molecule has 0 fully saturated rings. The number of rotatable bonds is 1. The molecule has 2 aromatic carbocycles. The molecule has 0 unspecified atom stereocenters. The van der Waals surface area contributed by atoms with Crippen molar-refractivity contribution in [3.63, 3.8) is 0 Å². The van der Waals surface area contributed by atoms with Gasteiger partial charge < -0.3 is 4.42 Å². The van der Waals surface area contributed by atoms with E-state index < -0.39 is 5.63 Å². The molecule has 25 heavy (non-hydrogen) atoms. The lowest BCUT2D eigenvalue weighted by Crippen LogP contribution is -2.04. The molecule has 0 bridgehead atoms. The normalized spacial score (nSPS) is 11.6. The van der Waals surface area contributed by atoms with Gasteiger partial charge in [0.15, 0.2) is 5.01 Å². The van der Waals surface area contributed by atoms with Crippen molar-refractivity contribution in [1.29, 1.82) is 0 Å². The van der Waals surface area contributed by atoms with E-state index in [0.717, 1.165) is 32.6 Å². The Morgan fingerprint density at radius 1 is 1.00 bits per heavy atom. The zero-order valence-corrected chi connectivity index (χ0v) is 14.0. The van der Waals surface area contributed by atoms with Crippen LogP contribution in [0.25, 0.3) is 43.1 Å². The zero-order valence-electron chi connectivity index (χ0n) is 13.2. The number of fused-ring (bicyclic) bond motifs is 4. The molecule has 5 rings (SSSR count). The molecule has 2 aliphatic heterocycles. The van der Waals surface area contributed by atoms with E-state index >= 15 is 0 Å². The Hall–Kier alpha value is -3.12. The largest absolute Gasteiger partial charge is 0.422 e. The number of hydrogen-bond acceptors (Lipinski definition) is 6. The highest BCUT2D eigenvalue weighted by molar-refractivity contribution is 7.17. The van der Waals surface area contributed by atoms with E-state index in [1.165, 1.54) is 11.3 Å². The fourth-order valence-electron chi connectivity index (χ4n) is 2.92. The Morgan fingerprint density at radius 2 is 1.88 bits per heavy atom. The van der Waals surface area contributed by atoms with Crippen LogP contribution in [0.3, 0.4) is 0 Å². The summed E-state index contributed by atoms with van der Waals surface area (Å²) in [6.45, 7) is 2.00. The molecule has 5 nitrogen and oxygen atoms in total. The van der Waals surface area contributed by atoms with Crippen LogP contribution in [0.2, 0.25) is 0 Å². The number of aryl methyl sites for hydroxylation is 1. The van der Waals surface area contributed by atoms with Gasteiger partial charge in [0.1, 0.15) is 16.3 Å². The quantitative estimate of drug-likeness (QED) is 0.424. The van der Waals surface area contributed by atoms with Crippen molar-refractivity contribution in [2.24, 2.45) is 0 Å². The van der Waals surface area contributed by atoms with E-state index in [9.17, 15) is 4.79 Å². The molecule has 120 valence electrons. The summed E-state index contributed by atoms with van der Waals surface area (Å²) < 4.78 is 5.44. The Morgan fingerprint density at radius 3 is 2.80 bits per heavy atom. The highest BCUT2D eigenvalue weighted by Gasteiger charge is 2.18. The highest BCUT2D eigenvalue weighted by Crippen LogP contribution is 2.35. The summed E-state index contributed by atoms with van der Waals surface area (Å²) in [7, 11) is 0. The van der Waals surface area contributed by atoms with E-state index in [4.69, 9.17) is 4.42 Å². The summed E-state index contributed by atoms with van der Waals surface area (Å²) in [5, 5.41) is 11.7. The van der Waals surface area contributed by atoms with Crippen LogP contribution in [0.15, 0.2) is 57.7 Å². The summed E-state index contributed by atoms with van der Waals surface area (Å²) in [4.78, 5) is 17.0. The van der Waals surface area contributed by atoms with Gasteiger partial charge in [0.05, 0.1) is 11.1 Å². The predicted molar refractivity (Wildman–Crippen MR) is 98.0 cm³/mol. The molecule has 0 saturated carbocycles. The average Bonchev–Trinajstić information content (AvgIpc) is 2.99. The molecule has 0 atom stereocenters. The molecule has 3 aromatic rings. The molecule has 0 amide bonds. The van der Waals surface area contributed by atoms with Crippen molar-refractivity contribution >= 4 is 33.2 Å². The lowest BCUT2D eigenvalue weighted by Gasteiger charge is -2.03. The van der Waals surface area contributed by atoms with Crippen LogP contribution in [0, 0.1) is 6.92 Å². The second-order valence-electron chi connectivity index (χ2n) is 5.88. The third kappa shape index (κ3) is 2.22. The van der Waals surface area contributed by atoms with Crippen molar-refractivity contribution in [2.45, 2.75) is 6.92 Å². The maximum atomic E-state index is 12.4. The third-order valence-electron chi connectivity index (χ3n) is 4.14. The maximum absolute atomic E-state index is 12.4. The second kappa shape index (κ2) is 5.19. The standard InChI is InChI=1S/C19H11N3O2S/c1-10-6-7-15-11(8-10)9-13(19(23)24-15)17-22-21-16-12-4-2-3-5-14(12)20-18(16)25-17/h2-9H,1H3. The molecule has 1 aromatic heterocycles. The summed E-state index contributed by atoms with van der Waals surface area (Å²) >= 11 is 1.35. The van der Waals surface area contributed by atoms with Gasteiger partial charge in [-0.05, 0) is 31.2 Å². The van der Waals surface area contributed by atoms with E-state index in [2.05, 4.69) is 15.2 Å². The number of nitrogens with zero attached hydrogens (tertiary/aromatic N) is 3. The van der Waals surface area contributed by atoms with E-state index in [0.29, 0.717) is 16.2 Å². The van der Waals surface area contributed by atoms with Gasteiger partial charge in [0.25, 0.3) is 0 Å². The van der Waals surface area contributed by atoms with Crippen LogP contribution < -0.4 is 5.63 Å². The lowest BCUT2D eigenvalue weighted by atomic mass is 10.1. The number of aromatic nitrogens is 3. The first-order chi connectivity index (χ1) is 12.2. The van der Waals surface area contributed by atoms with Crippen molar-refractivity contribution < 1.29 is 4.42 Å². The average molecular weight is 345 g/mol. The first-order valence-electron chi connectivity index (χ1n) is 7.76. The van der Waals surface area contributed by atoms with Crippen LogP contribution >= 0.6 is 11.3 Å². The van der Waals surface area contributed by atoms with Crippen molar-refractivity contribution in [2.75, 3.05) is 0 Å². The third-order valence-corrected chi connectivity index (χ3v) is 5.11. The molecular weight excluding hydrogens is 334 g/mol. The second-order valence-corrected chi connectivity index (χ2v) is 6.86. The molecule has 3 heterocycles. The highest BCUT2D eigenvalue weighted by atomic mass is 32.1. The zero-order chi connectivity index (χ0) is 17.0. The smallest absolute Gasteiger partial charge is 0.346 e. The van der Waals surface area contributed by atoms with Crippen molar-refractivity contribution in [3.8, 4) is 21.3 Å². The molecule has 2 aliphatic rings. The topological polar surface area (TPSA) is 68.9 Å². The van der Waals surface area contributed by atoms with Crippen LogP contribution in [0.5, 0.6) is 0 Å². The molecule has 0 radical (unpaired) electrons. The van der Waals surface area contributed by atoms with Gasteiger partial charge in [-0.3, -0.25) is 0 Å². The Bertz CT molecular complexity index is 1290. The fraction of sp³-hybridized carbons (Fsp3) is 0.0526. The summed E-state index contributed by atoms with van der Waals surface area (Å²) in [5.74, 6) is 0. The predicted octanol–water partition coefficient (Wildman–Crippen LogP) is 4.27. The molecular formula is C19H11N3O2S. The van der Waals surface area contributed by atoms with E-state index in [-0.39, 0.29) is 0 Å². The van der Waals surface area contributed by atoms with Gasteiger partial charge in [0.2, 0.25) is 0 Å². The Labute approximate surface area is 145 Å². The molecule has 6 heteroatoms. The molecule has 0 aliphatic carbocycles. The van der Waals surface area contributed by atoms with Crippen LogP contribution in [-0.4, -0.2) is 15.2 Å². The van der Waals surface area contributed by atoms with Gasteiger partial charge in [-0.15, -0.1) is 10.2 Å². The minimum atomic E-state index is -0.419. The molecule has 0 N–H and O–H groups in total. The molecule has 0 saturated heterocycles. The van der Waals surface area contributed by atoms with Gasteiger partial charge in [-0.1, -0.05) is 41.2 Å². The van der Waals surface area contributed by atoms with Gasteiger partial charge in [-0.25, -0.2) is 9.78 Å². The monoisotopic (exact) mass is 345 g/mol. The van der Waals surface area contributed by atoms with Gasteiger partial charge in [-0.2, -0.15) is 0 Å². The minimum absolute atomic E-state index is 0.407. The lowest BCUT2D eigenvalue weighted by molar-refractivity contribution is 0.563. The first kappa shape index (κ1) is 14.2. The van der Waals surface area contributed by atoms with Crippen LogP contribution in [-0.2, 0) is 0 Å². The van der Waals surface area contributed by atoms with E-state index in [1.807, 2.05) is 49.4 Å². The first-order valence-corrected chi connectivity index (χ1v) is 8.57. The number of benzene rings is 2. The minimum Gasteiger partial charge on any atom is -0.422 e. The van der Waals surface area contributed by atoms with Crippen molar-refractivity contribution in [1.82, 2.24) is 15.2 Å².